The summed E-state index contributed by atoms with van der Waals surface area (Å²) in [6, 6.07) is 5.00. The fraction of sp³-hybridized carbons (Fsp3) is 0.333. The van der Waals surface area contributed by atoms with Crippen molar-refractivity contribution in [3.05, 3.63) is 28.2 Å². The topological polar surface area (TPSA) is 57.6 Å². The number of hydrogen-bond acceptors (Lipinski definition) is 3. The summed E-state index contributed by atoms with van der Waals surface area (Å²) in [4.78, 5) is 24.4. The lowest BCUT2D eigenvalue weighted by atomic mass is 10.4. The van der Waals surface area contributed by atoms with Gasteiger partial charge in [0.2, 0.25) is 5.91 Å². The number of hydrogen-bond donors (Lipinski definition) is 1. The first-order valence-electron chi connectivity index (χ1n) is 5.39. The van der Waals surface area contributed by atoms with Crippen molar-refractivity contribution < 1.29 is 14.7 Å². The normalized spacial score (nSPS) is 12.0. The number of carboxylic acid groups (broad SMARTS) is 1. The van der Waals surface area contributed by atoms with E-state index in [2.05, 4.69) is 0 Å². The van der Waals surface area contributed by atoms with E-state index in [9.17, 15) is 9.59 Å². The third-order valence-corrected chi connectivity index (χ3v) is 4.12. The molecule has 0 aromatic heterocycles. The lowest BCUT2D eigenvalue weighted by Crippen LogP contribution is -2.36. The molecule has 0 radical (unpaired) electrons. The molecule has 0 heterocycles. The molecule has 19 heavy (non-hydrogen) atoms. The summed E-state index contributed by atoms with van der Waals surface area (Å²) < 4.78 is 0. The fourth-order valence-corrected chi connectivity index (χ4v) is 2.92. The van der Waals surface area contributed by atoms with Gasteiger partial charge in [0.25, 0.3) is 0 Å². The number of carbonyl (C=O) groups is 2. The van der Waals surface area contributed by atoms with Crippen molar-refractivity contribution in [2.24, 2.45) is 0 Å². The van der Waals surface area contributed by atoms with Crippen molar-refractivity contribution in [2.45, 2.75) is 17.1 Å². The molecule has 1 rings (SSSR count). The van der Waals surface area contributed by atoms with Crippen LogP contribution in [0, 0.1) is 0 Å². The van der Waals surface area contributed by atoms with Crippen molar-refractivity contribution >= 4 is 46.8 Å². The predicted molar refractivity (Wildman–Crippen MR) is 77.1 cm³/mol. The number of amides is 1. The van der Waals surface area contributed by atoms with Gasteiger partial charge in [-0.25, -0.2) is 0 Å². The quantitative estimate of drug-likeness (QED) is 0.847. The Morgan fingerprint density at radius 1 is 1.42 bits per heavy atom. The monoisotopic (exact) mass is 321 g/mol. The van der Waals surface area contributed by atoms with Crippen LogP contribution in [0.4, 0.5) is 0 Å². The van der Waals surface area contributed by atoms with Gasteiger partial charge in [-0.1, -0.05) is 23.2 Å². The molecule has 1 unspecified atom stereocenters. The SMILES string of the molecule is CC(Sc1cc(Cl)ccc1Cl)C(=O)N(C)CC(=O)O. The summed E-state index contributed by atoms with van der Waals surface area (Å²) in [6.45, 7) is 1.37. The first-order chi connectivity index (χ1) is 8.81. The standard InChI is InChI=1S/C12H13Cl2NO3S/c1-7(12(18)15(2)6-11(16)17)19-10-5-8(13)3-4-9(10)14/h3-5,7H,6H2,1-2H3,(H,16,17). The Morgan fingerprint density at radius 2 is 2.05 bits per heavy atom. The van der Waals surface area contributed by atoms with Crippen LogP contribution >= 0.6 is 35.0 Å². The zero-order valence-electron chi connectivity index (χ0n) is 10.4. The molecule has 0 saturated heterocycles. The van der Waals surface area contributed by atoms with E-state index in [4.69, 9.17) is 28.3 Å². The largest absolute Gasteiger partial charge is 0.480 e. The molecule has 1 amide bonds. The highest BCUT2D eigenvalue weighted by Gasteiger charge is 2.21. The smallest absolute Gasteiger partial charge is 0.323 e. The van der Waals surface area contributed by atoms with E-state index in [1.807, 2.05) is 0 Å². The van der Waals surface area contributed by atoms with Crippen molar-refractivity contribution in [2.75, 3.05) is 13.6 Å². The lowest BCUT2D eigenvalue weighted by Gasteiger charge is -2.19. The number of nitrogens with zero attached hydrogens (tertiary/aromatic N) is 1. The van der Waals surface area contributed by atoms with Crippen LogP contribution in [-0.4, -0.2) is 40.7 Å². The second-order valence-electron chi connectivity index (χ2n) is 3.92. The molecule has 0 fully saturated rings. The van der Waals surface area contributed by atoms with Gasteiger partial charge >= 0.3 is 5.97 Å². The third-order valence-electron chi connectivity index (χ3n) is 2.29. The minimum absolute atomic E-state index is 0.275. The van der Waals surface area contributed by atoms with Gasteiger partial charge in [-0.15, -0.1) is 11.8 Å². The number of halogens is 2. The van der Waals surface area contributed by atoms with Gasteiger partial charge < -0.3 is 10.0 Å². The number of aliphatic carboxylic acids is 1. The summed E-state index contributed by atoms with van der Waals surface area (Å²) >= 11 is 13.1. The second kappa shape index (κ2) is 7.03. The van der Waals surface area contributed by atoms with Gasteiger partial charge in [0.1, 0.15) is 6.54 Å². The summed E-state index contributed by atoms with van der Waals surface area (Å²) in [5.74, 6) is -1.32. The van der Waals surface area contributed by atoms with Crippen LogP contribution in [0.1, 0.15) is 6.92 Å². The maximum Gasteiger partial charge on any atom is 0.323 e. The van der Waals surface area contributed by atoms with Crippen LogP contribution in [0.5, 0.6) is 0 Å². The Morgan fingerprint density at radius 3 is 2.63 bits per heavy atom. The van der Waals surface area contributed by atoms with Gasteiger partial charge in [0, 0.05) is 17.0 Å². The van der Waals surface area contributed by atoms with E-state index < -0.39 is 11.2 Å². The first-order valence-corrected chi connectivity index (χ1v) is 7.03. The zero-order chi connectivity index (χ0) is 14.6. The molecular weight excluding hydrogens is 309 g/mol. The summed E-state index contributed by atoms with van der Waals surface area (Å²) in [7, 11) is 1.45. The lowest BCUT2D eigenvalue weighted by molar-refractivity contribution is -0.143. The highest BCUT2D eigenvalue weighted by molar-refractivity contribution is 8.00. The molecular formula is C12H13Cl2NO3S. The number of rotatable bonds is 5. The number of thioether (sulfide) groups is 1. The average molecular weight is 322 g/mol. The molecule has 7 heteroatoms. The number of carbonyl (C=O) groups excluding carboxylic acids is 1. The Kier molecular flexibility index (Phi) is 5.97. The molecule has 0 spiro atoms. The maximum atomic E-state index is 11.9. The molecule has 0 saturated carbocycles. The van der Waals surface area contributed by atoms with Crippen LogP contribution in [0.15, 0.2) is 23.1 Å². The summed E-state index contributed by atoms with van der Waals surface area (Å²) in [5, 5.41) is 9.24. The molecule has 1 atom stereocenters. The van der Waals surface area contributed by atoms with Gasteiger partial charge in [0.15, 0.2) is 0 Å². The first kappa shape index (κ1) is 16.1. The molecule has 0 bridgehead atoms. The van der Waals surface area contributed by atoms with E-state index in [1.165, 1.54) is 23.7 Å². The van der Waals surface area contributed by atoms with Gasteiger partial charge in [0.05, 0.1) is 10.3 Å². The Hall–Kier alpha value is -0.910. The predicted octanol–water partition coefficient (Wildman–Crippen LogP) is 3.02. The van der Waals surface area contributed by atoms with Crippen molar-refractivity contribution in [1.29, 1.82) is 0 Å². The molecule has 0 aliphatic heterocycles. The van der Waals surface area contributed by atoms with E-state index in [-0.39, 0.29) is 12.5 Å². The van der Waals surface area contributed by atoms with E-state index in [1.54, 1.807) is 25.1 Å². The highest BCUT2D eigenvalue weighted by Crippen LogP contribution is 2.33. The molecule has 1 aromatic carbocycles. The molecule has 104 valence electrons. The van der Waals surface area contributed by atoms with Crippen molar-refractivity contribution in [3.63, 3.8) is 0 Å². The van der Waals surface area contributed by atoms with Gasteiger partial charge in [-0.2, -0.15) is 0 Å². The minimum atomic E-state index is -1.05. The number of carboxylic acids is 1. The van der Waals surface area contributed by atoms with E-state index in [0.29, 0.717) is 14.9 Å². The molecule has 4 nitrogen and oxygen atoms in total. The Bertz CT molecular complexity index is 496. The van der Waals surface area contributed by atoms with Crippen LogP contribution < -0.4 is 0 Å². The van der Waals surface area contributed by atoms with Crippen molar-refractivity contribution in [1.82, 2.24) is 4.90 Å². The fourth-order valence-electron chi connectivity index (χ4n) is 1.40. The van der Waals surface area contributed by atoms with Crippen molar-refractivity contribution in [3.8, 4) is 0 Å². The molecule has 1 aromatic rings. The molecule has 1 N–H and O–H groups in total. The van der Waals surface area contributed by atoms with Crippen LogP contribution in [0.3, 0.4) is 0 Å². The van der Waals surface area contributed by atoms with Crippen LogP contribution in [0.2, 0.25) is 10.0 Å². The second-order valence-corrected chi connectivity index (χ2v) is 6.15. The van der Waals surface area contributed by atoms with Gasteiger partial charge in [-0.3, -0.25) is 9.59 Å². The number of likely N-dealkylation sites (N-methyl/N-ethyl adjacent to an activating group) is 1. The Labute approximate surface area is 125 Å². The minimum Gasteiger partial charge on any atom is -0.480 e. The maximum absolute atomic E-state index is 11.9. The van der Waals surface area contributed by atoms with Crippen LogP contribution in [0.25, 0.3) is 0 Å². The zero-order valence-corrected chi connectivity index (χ0v) is 12.7. The third kappa shape index (κ3) is 4.93. The van der Waals surface area contributed by atoms with E-state index in [0.717, 1.165) is 0 Å². The Balaban J connectivity index is 2.73. The van der Waals surface area contributed by atoms with Gasteiger partial charge in [-0.05, 0) is 25.1 Å². The van der Waals surface area contributed by atoms with Crippen LogP contribution in [-0.2, 0) is 9.59 Å². The van der Waals surface area contributed by atoms with E-state index >= 15 is 0 Å². The molecule has 0 aliphatic rings. The highest BCUT2D eigenvalue weighted by atomic mass is 35.5. The summed E-state index contributed by atoms with van der Waals surface area (Å²) in [6.07, 6.45) is 0. The summed E-state index contributed by atoms with van der Waals surface area (Å²) in [5.41, 5.74) is 0. The number of benzene rings is 1. The average Bonchev–Trinajstić information content (AvgIpc) is 2.31. The molecule has 0 aliphatic carbocycles.